The molecule has 0 unspecified atom stereocenters. The van der Waals surface area contributed by atoms with Crippen molar-refractivity contribution in [1.29, 1.82) is 0 Å². The van der Waals surface area contributed by atoms with Gasteiger partial charge in [0.1, 0.15) is 6.61 Å². The molecule has 0 atom stereocenters. The Kier molecular flexibility index (Phi) is 5.74. The first kappa shape index (κ1) is 15.4. The second kappa shape index (κ2) is 7.07. The van der Waals surface area contributed by atoms with E-state index in [0.29, 0.717) is 12.1 Å². The molecule has 0 spiro atoms. The predicted molar refractivity (Wildman–Crippen MR) is 70.5 cm³/mol. The standard InChI is InChI=1S/C11H17N3O4S/c12-7-9-1-3-10(4-2-9)8-19(16,17)14-5-6-18-11(13)15/h1-4,14H,5-8,12H2,(H2,13,15). The van der Waals surface area contributed by atoms with Crippen molar-refractivity contribution < 1.29 is 17.9 Å². The number of carbonyl (C=O) groups excluding carboxylic acids is 1. The number of sulfonamides is 1. The summed E-state index contributed by atoms with van der Waals surface area (Å²) >= 11 is 0. The zero-order chi connectivity index (χ0) is 14.3. The third kappa shape index (κ3) is 6.18. The van der Waals surface area contributed by atoms with Crippen LogP contribution >= 0.6 is 0 Å². The fraction of sp³-hybridized carbons (Fsp3) is 0.364. The SMILES string of the molecule is NCc1ccc(CS(=O)(=O)NCCOC(N)=O)cc1. The molecule has 0 aromatic heterocycles. The number of hydrogen-bond acceptors (Lipinski definition) is 5. The van der Waals surface area contributed by atoms with Crippen LogP contribution in [0.1, 0.15) is 11.1 Å². The zero-order valence-electron chi connectivity index (χ0n) is 10.3. The van der Waals surface area contributed by atoms with Gasteiger partial charge in [0.25, 0.3) is 0 Å². The highest BCUT2D eigenvalue weighted by atomic mass is 32.2. The van der Waals surface area contributed by atoms with Crippen LogP contribution in [0.4, 0.5) is 4.79 Å². The molecule has 106 valence electrons. The third-order valence-corrected chi connectivity index (χ3v) is 3.64. The van der Waals surface area contributed by atoms with Crippen molar-refractivity contribution in [3.05, 3.63) is 35.4 Å². The first-order chi connectivity index (χ1) is 8.93. The van der Waals surface area contributed by atoms with Gasteiger partial charge in [0.2, 0.25) is 10.0 Å². The Morgan fingerprint density at radius 2 is 1.79 bits per heavy atom. The van der Waals surface area contributed by atoms with E-state index in [1.807, 2.05) is 0 Å². The average molecular weight is 287 g/mol. The molecule has 0 saturated heterocycles. The van der Waals surface area contributed by atoms with Crippen molar-refractivity contribution in [1.82, 2.24) is 4.72 Å². The molecule has 1 rings (SSSR count). The van der Waals surface area contributed by atoms with Crippen LogP contribution in [-0.2, 0) is 27.1 Å². The van der Waals surface area contributed by atoms with Gasteiger partial charge < -0.3 is 16.2 Å². The fourth-order valence-electron chi connectivity index (χ4n) is 1.39. The zero-order valence-corrected chi connectivity index (χ0v) is 11.2. The molecule has 0 heterocycles. The van der Waals surface area contributed by atoms with Crippen molar-refractivity contribution in [3.63, 3.8) is 0 Å². The Bertz CT molecular complexity index is 513. The maximum absolute atomic E-state index is 11.7. The van der Waals surface area contributed by atoms with Crippen LogP contribution in [0.5, 0.6) is 0 Å². The third-order valence-electron chi connectivity index (χ3n) is 2.28. The lowest BCUT2D eigenvalue weighted by Gasteiger charge is -2.07. The Morgan fingerprint density at radius 3 is 2.32 bits per heavy atom. The summed E-state index contributed by atoms with van der Waals surface area (Å²) in [5.74, 6) is -0.144. The van der Waals surface area contributed by atoms with E-state index in [4.69, 9.17) is 11.5 Å². The second-order valence-corrected chi connectivity index (χ2v) is 5.65. The molecule has 1 amide bonds. The number of ether oxygens (including phenoxy) is 1. The predicted octanol–water partition coefficient (Wildman–Crippen LogP) is -0.340. The van der Waals surface area contributed by atoms with Crippen LogP contribution in [0.25, 0.3) is 0 Å². The number of amides is 1. The van der Waals surface area contributed by atoms with Gasteiger partial charge in [-0.1, -0.05) is 24.3 Å². The highest BCUT2D eigenvalue weighted by Gasteiger charge is 2.11. The van der Waals surface area contributed by atoms with E-state index in [1.54, 1.807) is 24.3 Å². The minimum absolute atomic E-state index is 0.00778. The van der Waals surface area contributed by atoms with Crippen LogP contribution in [0, 0.1) is 0 Å². The lowest BCUT2D eigenvalue weighted by molar-refractivity contribution is 0.159. The summed E-state index contributed by atoms with van der Waals surface area (Å²) in [7, 11) is -3.47. The Labute approximate surface area is 112 Å². The van der Waals surface area contributed by atoms with Gasteiger partial charge in [0.05, 0.1) is 5.75 Å². The maximum atomic E-state index is 11.7. The number of primary amides is 1. The molecule has 0 fully saturated rings. The maximum Gasteiger partial charge on any atom is 0.404 e. The van der Waals surface area contributed by atoms with Crippen LogP contribution in [-0.4, -0.2) is 27.7 Å². The Morgan fingerprint density at radius 1 is 1.21 bits per heavy atom. The molecule has 0 aliphatic carbocycles. The van der Waals surface area contributed by atoms with Gasteiger partial charge >= 0.3 is 6.09 Å². The van der Waals surface area contributed by atoms with Crippen LogP contribution < -0.4 is 16.2 Å². The number of carbonyl (C=O) groups is 1. The lowest BCUT2D eigenvalue weighted by Crippen LogP contribution is -2.30. The smallest absolute Gasteiger partial charge is 0.404 e. The molecular formula is C11H17N3O4S. The molecule has 0 aliphatic rings. The van der Waals surface area contributed by atoms with Gasteiger partial charge in [-0.2, -0.15) is 0 Å². The van der Waals surface area contributed by atoms with Gasteiger partial charge in [-0.15, -0.1) is 0 Å². The average Bonchev–Trinajstić information content (AvgIpc) is 2.35. The summed E-state index contributed by atoms with van der Waals surface area (Å²) in [4.78, 5) is 10.3. The minimum atomic E-state index is -3.47. The van der Waals surface area contributed by atoms with Gasteiger partial charge in [0, 0.05) is 13.1 Å². The summed E-state index contributed by atoms with van der Waals surface area (Å²) < 4.78 is 30.1. The first-order valence-corrected chi connectivity index (χ1v) is 7.25. The summed E-state index contributed by atoms with van der Waals surface area (Å²) in [5, 5.41) is 0. The quantitative estimate of drug-likeness (QED) is 0.592. The number of benzene rings is 1. The van der Waals surface area contributed by atoms with Gasteiger partial charge in [-0.3, -0.25) is 0 Å². The van der Waals surface area contributed by atoms with Gasteiger partial charge in [0.15, 0.2) is 0 Å². The van der Waals surface area contributed by atoms with Gasteiger partial charge in [-0.25, -0.2) is 17.9 Å². The fourth-order valence-corrected chi connectivity index (χ4v) is 2.52. The largest absolute Gasteiger partial charge is 0.448 e. The van der Waals surface area contributed by atoms with Crippen LogP contribution in [0.2, 0.25) is 0 Å². The van der Waals surface area contributed by atoms with E-state index < -0.39 is 16.1 Å². The van der Waals surface area contributed by atoms with Crippen LogP contribution in [0.3, 0.4) is 0 Å². The van der Waals surface area contributed by atoms with E-state index in [9.17, 15) is 13.2 Å². The molecule has 1 aromatic carbocycles. The molecule has 8 heteroatoms. The molecule has 5 N–H and O–H groups in total. The van der Waals surface area contributed by atoms with Crippen molar-refractivity contribution in [3.8, 4) is 0 Å². The monoisotopic (exact) mass is 287 g/mol. The molecular weight excluding hydrogens is 270 g/mol. The molecule has 0 aliphatic heterocycles. The van der Waals surface area contributed by atoms with Crippen molar-refractivity contribution >= 4 is 16.1 Å². The highest BCUT2D eigenvalue weighted by molar-refractivity contribution is 7.88. The number of hydrogen-bond donors (Lipinski definition) is 3. The molecule has 1 aromatic rings. The molecule has 0 bridgehead atoms. The second-order valence-electron chi connectivity index (χ2n) is 3.84. The molecule has 19 heavy (non-hydrogen) atoms. The number of nitrogens with two attached hydrogens (primary N) is 2. The molecule has 7 nitrogen and oxygen atoms in total. The lowest BCUT2D eigenvalue weighted by atomic mass is 10.1. The number of nitrogens with one attached hydrogen (secondary N) is 1. The van der Waals surface area contributed by atoms with E-state index in [-0.39, 0.29) is 18.9 Å². The molecule has 0 radical (unpaired) electrons. The summed E-state index contributed by atoms with van der Waals surface area (Å²) in [6.07, 6.45) is -0.934. The van der Waals surface area contributed by atoms with Crippen molar-refractivity contribution in [2.24, 2.45) is 11.5 Å². The normalized spacial score (nSPS) is 11.2. The van der Waals surface area contributed by atoms with E-state index in [1.165, 1.54) is 0 Å². The first-order valence-electron chi connectivity index (χ1n) is 5.60. The van der Waals surface area contributed by atoms with E-state index in [2.05, 4.69) is 9.46 Å². The van der Waals surface area contributed by atoms with Crippen molar-refractivity contribution in [2.75, 3.05) is 13.2 Å². The van der Waals surface area contributed by atoms with E-state index in [0.717, 1.165) is 5.56 Å². The summed E-state index contributed by atoms with van der Waals surface area (Å²) in [6.45, 7) is 0.308. The number of rotatable bonds is 7. The molecule has 0 saturated carbocycles. The topological polar surface area (TPSA) is 125 Å². The minimum Gasteiger partial charge on any atom is -0.448 e. The summed E-state index contributed by atoms with van der Waals surface area (Å²) in [6, 6.07) is 6.98. The highest BCUT2D eigenvalue weighted by Crippen LogP contribution is 2.07. The van der Waals surface area contributed by atoms with Crippen LogP contribution in [0.15, 0.2) is 24.3 Å². The Hall–Kier alpha value is -1.64. The van der Waals surface area contributed by atoms with Gasteiger partial charge in [-0.05, 0) is 11.1 Å². The summed E-state index contributed by atoms with van der Waals surface area (Å²) in [5.41, 5.74) is 11.8. The Balaban J connectivity index is 2.46. The van der Waals surface area contributed by atoms with E-state index >= 15 is 0 Å². The van der Waals surface area contributed by atoms with Crippen molar-refractivity contribution in [2.45, 2.75) is 12.3 Å².